The SMILES string of the molecule is CCn1c(-c2cnon2)nc2cnc(Oc3cccc(C(=O)C(C)CCN4CCOCC4)c3)cc21. The van der Waals surface area contributed by atoms with E-state index in [4.69, 9.17) is 14.1 Å². The van der Waals surface area contributed by atoms with Crippen molar-refractivity contribution in [2.24, 2.45) is 5.92 Å². The quantitative estimate of drug-likeness (QED) is 0.333. The Kier molecular flexibility index (Phi) is 6.82. The van der Waals surface area contributed by atoms with Gasteiger partial charge in [-0.1, -0.05) is 24.2 Å². The summed E-state index contributed by atoms with van der Waals surface area (Å²) in [6, 6.07) is 9.11. The summed E-state index contributed by atoms with van der Waals surface area (Å²) in [5.74, 6) is 1.67. The maximum Gasteiger partial charge on any atom is 0.221 e. The van der Waals surface area contributed by atoms with E-state index in [0.29, 0.717) is 35.3 Å². The third kappa shape index (κ3) is 5.08. The van der Waals surface area contributed by atoms with Crippen LogP contribution >= 0.6 is 0 Å². The van der Waals surface area contributed by atoms with Crippen LogP contribution in [0.15, 0.2) is 47.4 Å². The van der Waals surface area contributed by atoms with Crippen LogP contribution in [0.25, 0.3) is 22.6 Å². The van der Waals surface area contributed by atoms with Gasteiger partial charge in [-0.15, -0.1) is 0 Å². The topological polar surface area (TPSA) is 108 Å². The van der Waals surface area contributed by atoms with Crippen LogP contribution in [0.4, 0.5) is 0 Å². The normalized spacial score (nSPS) is 15.4. The third-order valence-corrected chi connectivity index (χ3v) is 6.29. The number of carbonyl (C=O) groups excluding carboxylic acids is 1. The van der Waals surface area contributed by atoms with E-state index in [1.54, 1.807) is 12.3 Å². The molecule has 1 aliphatic heterocycles. The lowest BCUT2D eigenvalue weighted by Gasteiger charge is -2.27. The first-order valence-electron chi connectivity index (χ1n) is 11.9. The molecule has 1 unspecified atom stereocenters. The van der Waals surface area contributed by atoms with Crippen molar-refractivity contribution in [1.29, 1.82) is 0 Å². The van der Waals surface area contributed by atoms with Crippen LogP contribution < -0.4 is 4.74 Å². The molecule has 1 saturated heterocycles. The molecule has 10 heteroatoms. The van der Waals surface area contributed by atoms with Crippen molar-refractivity contribution in [3.05, 3.63) is 48.3 Å². The molecule has 4 aromatic rings. The van der Waals surface area contributed by atoms with Crippen molar-refractivity contribution in [3.8, 4) is 23.1 Å². The lowest BCUT2D eigenvalue weighted by atomic mass is 9.96. The highest BCUT2D eigenvalue weighted by Crippen LogP contribution is 2.28. The van der Waals surface area contributed by atoms with Gasteiger partial charge in [-0.05, 0) is 37.2 Å². The largest absolute Gasteiger partial charge is 0.439 e. The fourth-order valence-electron chi connectivity index (χ4n) is 4.29. The molecule has 0 radical (unpaired) electrons. The molecule has 1 fully saturated rings. The monoisotopic (exact) mass is 476 g/mol. The number of carbonyl (C=O) groups is 1. The molecule has 1 aliphatic rings. The van der Waals surface area contributed by atoms with E-state index in [2.05, 4.69) is 25.2 Å². The van der Waals surface area contributed by atoms with Crippen LogP contribution in [0.5, 0.6) is 11.6 Å². The molecule has 10 nitrogen and oxygen atoms in total. The fraction of sp³-hybridized carbons (Fsp3) is 0.400. The number of morpholine rings is 1. The number of imidazole rings is 1. The number of pyridine rings is 1. The maximum atomic E-state index is 13.1. The van der Waals surface area contributed by atoms with Crippen LogP contribution in [0.2, 0.25) is 0 Å². The van der Waals surface area contributed by atoms with Crippen LogP contribution in [0, 0.1) is 5.92 Å². The van der Waals surface area contributed by atoms with Crippen LogP contribution in [-0.4, -0.2) is 68.4 Å². The molecular formula is C25H28N6O4. The number of hydrogen-bond donors (Lipinski definition) is 0. The van der Waals surface area contributed by atoms with Crippen molar-refractivity contribution < 1.29 is 18.9 Å². The van der Waals surface area contributed by atoms with Crippen LogP contribution in [0.1, 0.15) is 30.6 Å². The van der Waals surface area contributed by atoms with Crippen LogP contribution in [0.3, 0.4) is 0 Å². The predicted octanol–water partition coefficient (Wildman–Crippen LogP) is 3.83. The van der Waals surface area contributed by atoms with Gasteiger partial charge in [0.25, 0.3) is 0 Å². The number of ketones is 1. The summed E-state index contributed by atoms with van der Waals surface area (Å²) < 4.78 is 18.2. The molecule has 0 saturated carbocycles. The molecule has 0 bridgehead atoms. The molecule has 1 atom stereocenters. The Balaban J connectivity index is 1.30. The molecule has 182 valence electrons. The van der Waals surface area contributed by atoms with E-state index >= 15 is 0 Å². The average Bonchev–Trinajstić information content (AvgIpc) is 3.55. The zero-order valence-corrected chi connectivity index (χ0v) is 19.9. The Bertz CT molecular complexity index is 1300. The number of rotatable bonds is 9. The highest BCUT2D eigenvalue weighted by atomic mass is 16.6. The van der Waals surface area contributed by atoms with E-state index in [-0.39, 0.29) is 11.7 Å². The van der Waals surface area contributed by atoms with Gasteiger partial charge in [0.1, 0.15) is 17.5 Å². The lowest BCUT2D eigenvalue weighted by molar-refractivity contribution is 0.0355. The highest BCUT2D eigenvalue weighted by molar-refractivity contribution is 5.98. The van der Waals surface area contributed by atoms with E-state index in [9.17, 15) is 4.79 Å². The summed E-state index contributed by atoms with van der Waals surface area (Å²) in [7, 11) is 0. The minimum absolute atomic E-state index is 0.0779. The Hall–Kier alpha value is -3.63. The van der Waals surface area contributed by atoms with Crippen molar-refractivity contribution >= 4 is 16.8 Å². The summed E-state index contributed by atoms with van der Waals surface area (Å²) in [6.45, 7) is 8.96. The van der Waals surface area contributed by atoms with Crippen molar-refractivity contribution in [1.82, 2.24) is 29.7 Å². The number of ether oxygens (including phenoxy) is 2. The van der Waals surface area contributed by atoms with Crippen molar-refractivity contribution in [3.63, 3.8) is 0 Å². The van der Waals surface area contributed by atoms with E-state index in [1.807, 2.05) is 42.7 Å². The van der Waals surface area contributed by atoms with Crippen molar-refractivity contribution in [2.45, 2.75) is 26.8 Å². The van der Waals surface area contributed by atoms with Gasteiger partial charge in [-0.3, -0.25) is 9.69 Å². The Morgan fingerprint density at radius 1 is 1.20 bits per heavy atom. The molecule has 0 amide bonds. The van der Waals surface area contributed by atoms with E-state index < -0.39 is 0 Å². The second kappa shape index (κ2) is 10.3. The standard InChI is InChI=1S/C25H28N6O4/c1-3-31-22-14-23(26-15-20(22)28-25(31)21-16-27-35-29-21)34-19-6-4-5-18(13-19)24(32)17(2)7-8-30-9-11-33-12-10-30/h4-6,13-17H,3,7-12H2,1-2H3. The Morgan fingerprint density at radius 2 is 2.06 bits per heavy atom. The molecule has 35 heavy (non-hydrogen) atoms. The molecular weight excluding hydrogens is 448 g/mol. The van der Waals surface area contributed by atoms with Gasteiger partial charge in [-0.2, -0.15) is 0 Å². The molecule has 4 heterocycles. The van der Waals surface area contributed by atoms with Gasteiger partial charge in [-0.25, -0.2) is 14.6 Å². The summed E-state index contributed by atoms with van der Waals surface area (Å²) in [4.78, 5) is 24.4. The van der Waals surface area contributed by atoms with Gasteiger partial charge in [0.2, 0.25) is 5.88 Å². The molecule has 3 aromatic heterocycles. The van der Waals surface area contributed by atoms with Gasteiger partial charge in [0, 0.05) is 37.2 Å². The first kappa shape index (κ1) is 23.1. The number of benzene rings is 1. The summed E-state index contributed by atoms with van der Waals surface area (Å²) in [6.07, 6.45) is 4.01. The number of fused-ring (bicyclic) bond motifs is 1. The fourth-order valence-corrected chi connectivity index (χ4v) is 4.29. The zero-order valence-electron chi connectivity index (χ0n) is 19.9. The second-order valence-corrected chi connectivity index (χ2v) is 8.62. The summed E-state index contributed by atoms with van der Waals surface area (Å²) >= 11 is 0. The minimum atomic E-state index is -0.0779. The molecule has 1 aromatic carbocycles. The first-order valence-corrected chi connectivity index (χ1v) is 11.9. The minimum Gasteiger partial charge on any atom is -0.439 e. The van der Waals surface area contributed by atoms with Gasteiger partial charge >= 0.3 is 0 Å². The number of Topliss-reactive ketones (excluding diaryl/α,β-unsaturated/α-hetero) is 1. The van der Waals surface area contributed by atoms with Gasteiger partial charge in [0.15, 0.2) is 17.3 Å². The summed E-state index contributed by atoms with van der Waals surface area (Å²) in [5.41, 5.74) is 2.77. The predicted molar refractivity (Wildman–Crippen MR) is 128 cm³/mol. The molecule has 0 aliphatic carbocycles. The first-order chi connectivity index (χ1) is 17.1. The Morgan fingerprint density at radius 3 is 2.83 bits per heavy atom. The summed E-state index contributed by atoms with van der Waals surface area (Å²) in [5, 5.41) is 7.57. The van der Waals surface area contributed by atoms with Crippen LogP contribution in [-0.2, 0) is 11.3 Å². The lowest BCUT2D eigenvalue weighted by Crippen LogP contribution is -2.37. The van der Waals surface area contributed by atoms with E-state index in [0.717, 1.165) is 50.3 Å². The number of aromatic nitrogens is 5. The molecule has 0 N–H and O–H groups in total. The van der Waals surface area contributed by atoms with Crippen molar-refractivity contribution in [2.75, 3.05) is 32.8 Å². The van der Waals surface area contributed by atoms with Gasteiger partial charge in [0.05, 0.1) is 24.9 Å². The maximum absolute atomic E-state index is 13.1. The molecule has 5 rings (SSSR count). The second-order valence-electron chi connectivity index (χ2n) is 8.62. The number of hydrogen-bond acceptors (Lipinski definition) is 9. The van der Waals surface area contributed by atoms with E-state index in [1.165, 1.54) is 6.20 Å². The third-order valence-electron chi connectivity index (χ3n) is 6.29. The number of aryl methyl sites for hydroxylation is 1. The van der Waals surface area contributed by atoms with Gasteiger partial charge < -0.3 is 14.0 Å². The average molecular weight is 477 g/mol. The number of nitrogens with zero attached hydrogens (tertiary/aromatic N) is 6. The zero-order chi connectivity index (χ0) is 24.2. The smallest absolute Gasteiger partial charge is 0.221 e. The highest BCUT2D eigenvalue weighted by Gasteiger charge is 2.19. The molecule has 0 spiro atoms. The Labute approximate surface area is 202 Å².